The van der Waals surface area contributed by atoms with E-state index in [1.807, 2.05) is 0 Å². The van der Waals surface area contributed by atoms with Gasteiger partial charge in [0.2, 0.25) is 0 Å². The molecule has 0 rings (SSSR count). The van der Waals surface area contributed by atoms with Crippen molar-refractivity contribution in [2.24, 2.45) is 5.73 Å². The lowest BCUT2D eigenvalue weighted by Gasteiger charge is -2.22. The molecule has 0 saturated carbocycles. The van der Waals surface area contributed by atoms with Crippen LogP contribution in [0.25, 0.3) is 0 Å². The maximum Gasteiger partial charge on any atom is 0.277 e. The molecule has 0 saturated heterocycles. The third-order valence-corrected chi connectivity index (χ3v) is 3.00. The van der Waals surface area contributed by atoms with Crippen LogP contribution >= 0.6 is 0 Å². The average molecular weight is 239 g/mol. The zero-order valence-electron chi connectivity index (χ0n) is 9.61. The van der Waals surface area contributed by atoms with Gasteiger partial charge in [-0.05, 0) is 27.7 Å². The van der Waals surface area contributed by atoms with E-state index in [1.165, 1.54) is 6.92 Å². The van der Waals surface area contributed by atoms with E-state index in [-0.39, 0.29) is 6.54 Å². The van der Waals surface area contributed by atoms with Gasteiger partial charge >= 0.3 is 0 Å². The molecule has 0 aliphatic heterocycles. The minimum Gasteiger partial charge on any atom is -0.392 e. The van der Waals surface area contributed by atoms with E-state index in [1.54, 1.807) is 20.8 Å². The molecule has 0 radical (unpaired) electrons. The average Bonchev–Trinajstić information content (AvgIpc) is 1.95. The van der Waals surface area contributed by atoms with Crippen molar-refractivity contribution < 1.29 is 13.5 Å². The molecular weight excluding hydrogens is 218 g/mol. The normalized spacial score (nSPS) is 17.5. The lowest BCUT2D eigenvalue weighted by molar-refractivity contribution is 0.164. The Bertz CT molecular complexity index is 282. The molecule has 15 heavy (non-hydrogen) atoms. The Morgan fingerprint density at radius 2 is 1.87 bits per heavy atom. The van der Waals surface area contributed by atoms with Crippen molar-refractivity contribution in [3.05, 3.63) is 0 Å². The van der Waals surface area contributed by atoms with Crippen molar-refractivity contribution in [1.29, 1.82) is 0 Å². The van der Waals surface area contributed by atoms with E-state index in [4.69, 9.17) is 10.8 Å². The Morgan fingerprint density at radius 3 is 2.20 bits per heavy atom. The molecule has 6 nitrogen and oxygen atoms in total. The Morgan fingerprint density at radius 1 is 1.40 bits per heavy atom. The largest absolute Gasteiger partial charge is 0.392 e. The number of hydrogen-bond acceptors (Lipinski definition) is 4. The van der Waals surface area contributed by atoms with Gasteiger partial charge in [0.25, 0.3) is 10.2 Å². The summed E-state index contributed by atoms with van der Waals surface area (Å²) in [6.45, 7) is 6.72. The van der Waals surface area contributed by atoms with Crippen LogP contribution in [0.3, 0.4) is 0 Å². The minimum atomic E-state index is -3.56. The van der Waals surface area contributed by atoms with Gasteiger partial charge in [-0.25, -0.2) is 4.72 Å². The molecule has 0 aromatic carbocycles. The highest BCUT2D eigenvalue weighted by Gasteiger charge is 2.20. The number of nitrogens with two attached hydrogens (primary N) is 1. The number of rotatable bonds is 5. The zero-order valence-corrected chi connectivity index (χ0v) is 10.4. The molecule has 0 aromatic heterocycles. The van der Waals surface area contributed by atoms with Crippen LogP contribution in [0.1, 0.15) is 27.7 Å². The van der Waals surface area contributed by atoms with Gasteiger partial charge in [-0.3, -0.25) is 0 Å². The van der Waals surface area contributed by atoms with Gasteiger partial charge in [0.1, 0.15) is 0 Å². The molecule has 7 heteroatoms. The van der Waals surface area contributed by atoms with Crippen molar-refractivity contribution >= 4 is 10.2 Å². The van der Waals surface area contributed by atoms with Crippen molar-refractivity contribution in [1.82, 2.24) is 9.44 Å². The van der Waals surface area contributed by atoms with Crippen LogP contribution < -0.4 is 15.2 Å². The van der Waals surface area contributed by atoms with Gasteiger partial charge in [-0.15, -0.1) is 0 Å². The first-order valence-electron chi connectivity index (χ1n) is 4.76. The molecule has 0 aliphatic carbocycles. The van der Waals surface area contributed by atoms with Gasteiger partial charge in [0.05, 0.1) is 6.10 Å². The molecule has 0 heterocycles. The molecule has 0 bridgehead atoms. The van der Waals surface area contributed by atoms with E-state index in [9.17, 15) is 8.42 Å². The first-order valence-corrected chi connectivity index (χ1v) is 6.24. The van der Waals surface area contributed by atoms with Crippen LogP contribution in [0.4, 0.5) is 0 Å². The second kappa shape index (κ2) is 5.22. The number of hydrogen-bond donors (Lipinski definition) is 4. The van der Waals surface area contributed by atoms with Crippen LogP contribution in [-0.4, -0.2) is 37.8 Å². The summed E-state index contributed by atoms with van der Waals surface area (Å²) in [6, 6.07) is -0.610. The second-order valence-corrected chi connectivity index (χ2v) is 6.11. The number of aliphatic hydroxyl groups is 1. The molecular formula is C8H21N3O3S. The van der Waals surface area contributed by atoms with E-state index < -0.39 is 27.9 Å². The maximum atomic E-state index is 11.4. The molecule has 0 fully saturated rings. The Labute approximate surface area is 91.4 Å². The molecule has 92 valence electrons. The van der Waals surface area contributed by atoms with Crippen LogP contribution in [0.2, 0.25) is 0 Å². The Hall–Kier alpha value is -0.210. The van der Waals surface area contributed by atoms with Crippen molar-refractivity contribution in [3.63, 3.8) is 0 Å². The summed E-state index contributed by atoms with van der Waals surface area (Å²) in [4.78, 5) is 0. The monoisotopic (exact) mass is 239 g/mol. The Balaban J connectivity index is 4.18. The minimum absolute atomic E-state index is 0.00306. The summed E-state index contributed by atoms with van der Waals surface area (Å²) >= 11 is 0. The van der Waals surface area contributed by atoms with Gasteiger partial charge < -0.3 is 10.8 Å². The molecule has 2 unspecified atom stereocenters. The number of aliphatic hydroxyl groups excluding tert-OH is 1. The first-order chi connectivity index (χ1) is 6.53. The molecule has 0 aromatic rings. The van der Waals surface area contributed by atoms with E-state index in [2.05, 4.69) is 9.44 Å². The first kappa shape index (κ1) is 14.8. The molecule has 0 spiro atoms. The van der Waals surface area contributed by atoms with Gasteiger partial charge in [-0.2, -0.15) is 13.1 Å². The highest BCUT2D eigenvalue weighted by molar-refractivity contribution is 7.87. The fourth-order valence-electron chi connectivity index (χ4n) is 0.816. The summed E-state index contributed by atoms with van der Waals surface area (Å²) in [7, 11) is -3.56. The topological polar surface area (TPSA) is 104 Å². The van der Waals surface area contributed by atoms with Crippen molar-refractivity contribution in [2.75, 3.05) is 6.54 Å². The van der Waals surface area contributed by atoms with Crippen LogP contribution in [0, 0.1) is 0 Å². The second-order valence-electron chi connectivity index (χ2n) is 4.61. The standard InChI is InChI=1S/C8H21N3O3S/c1-6(12)7(9)5-10-15(13,14)11-8(2,3)4/h6-7,10-12H,5,9H2,1-4H3. The van der Waals surface area contributed by atoms with Gasteiger partial charge in [0.15, 0.2) is 0 Å². The van der Waals surface area contributed by atoms with Gasteiger partial charge in [0, 0.05) is 18.1 Å². The molecule has 0 amide bonds. The Kier molecular flexibility index (Phi) is 5.15. The zero-order chi connectivity index (χ0) is 12.3. The third-order valence-electron chi connectivity index (χ3n) is 1.57. The summed E-state index contributed by atoms with van der Waals surface area (Å²) in [6.07, 6.45) is -0.748. The van der Waals surface area contributed by atoms with Crippen molar-refractivity contribution in [2.45, 2.75) is 45.4 Å². The number of nitrogens with one attached hydrogen (secondary N) is 2. The van der Waals surface area contributed by atoms with E-state index >= 15 is 0 Å². The lowest BCUT2D eigenvalue weighted by Crippen LogP contribution is -2.51. The maximum absolute atomic E-state index is 11.4. The summed E-state index contributed by atoms with van der Waals surface area (Å²) in [5.41, 5.74) is 4.94. The summed E-state index contributed by atoms with van der Waals surface area (Å²) in [5, 5.41) is 9.07. The smallest absolute Gasteiger partial charge is 0.277 e. The molecule has 2 atom stereocenters. The van der Waals surface area contributed by atoms with Crippen LogP contribution in [0.15, 0.2) is 0 Å². The van der Waals surface area contributed by atoms with E-state index in [0.717, 1.165) is 0 Å². The lowest BCUT2D eigenvalue weighted by atomic mass is 10.1. The quantitative estimate of drug-likeness (QED) is 0.489. The van der Waals surface area contributed by atoms with Gasteiger partial charge in [-0.1, -0.05) is 0 Å². The van der Waals surface area contributed by atoms with Crippen LogP contribution in [-0.2, 0) is 10.2 Å². The van der Waals surface area contributed by atoms with Crippen molar-refractivity contribution in [3.8, 4) is 0 Å². The van der Waals surface area contributed by atoms with Crippen LogP contribution in [0.5, 0.6) is 0 Å². The third kappa shape index (κ3) is 7.69. The predicted octanol–water partition coefficient (Wildman–Crippen LogP) is -1.08. The highest BCUT2D eigenvalue weighted by atomic mass is 32.2. The molecule has 0 aliphatic rings. The fraction of sp³-hybridized carbons (Fsp3) is 1.00. The predicted molar refractivity (Wildman–Crippen MR) is 59.5 cm³/mol. The highest BCUT2D eigenvalue weighted by Crippen LogP contribution is 2.00. The fourth-order valence-corrected chi connectivity index (χ4v) is 2.11. The molecule has 5 N–H and O–H groups in total. The summed E-state index contributed by atoms with van der Waals surface area (Å²) < 4.78 is 27.5. The summed E-state index contributed by atoms with van der Waals surface area (Å²) in [5.74, 6) is 0. The van der Waals surface area contributed by atoms with E-state index in [0.29, 0.717) is 0 Å². The SMILES string of the molecule is CC(O)C(N)CNS(=O)(=O)NC(C)(C)C.